The lowest BCUT2D eigenvalue weighted by Gasteiger charge is -2.34. The van der Waals surface area contributed by atoms with E-state index in [-0.39, 0.29) is 12.7 Å². The minimum Gasteiger partial charge on any atom is -0.394 e. The minimum absolute atomic E-state index is 0.0593. The summed E-state index contributed by atoms with van der Waals surface area (Å²) in [5, 5.41) is 9.23. The first kappa shape index (κ1) is 14.3. The zero-order valence-corrected chi connectivity index (χ0v) is 11.5. The lowest BCUT2D eigenvalue weighted by atomic mass is 10.1. The quantitative estimate of drug-likeness (QED) is 0.841. The SMILES string of the molecule is O=Cc1c(Cl)cccc1N1CCC(OCCO)CC1. The van der Waals surface area contributed by atoms with Crippen molar-refractivity contribution < 1.29 is 14.6 Å². The summed E-state index contributed by atoms with van der Waals surface area (Å²) in [5.74, 6) is 0. The van der Waals surface area contributed by atoms with E-state index in [4.69, 9.17) is 21.4 Å². The van der Waals surface area contributed by atoms with Crippen molar-refractivity contribution in [1.82, 2.24) is 0 Å². The highest BCUT2D eigenvalue weighted by atomic mass is 35.5. The number of carbonyl (C=O) groups is 1. The smallest absolute Gasteiger partial charge is 0.153 e. The Hall–Kier alpha value is -1.10. The van der Waals surface area contributed by atoms with Gasteiger partial charge in [-0.05, 0) is 25.0 Å². The maximum atomic E-state index is 11.1. The molecule has 1 fully saturated rings. The van der Waals surface area contributed by atoms with E-state index in [1.54, 1.807) is 6.07 Å². The van der Waals surface area contributed by atoms with Crippen LogP contribution in [0.3, 0.4) is 0 Å². The van der Waals surface area contributed by atoms with Gasteiger partial charge in [-0.15, -0.1) is 0 Å². The minimum atomic E-state index is 0.0593. The Morgan fingerprint density at radius 2 is 2.16 bits per heavy atom. The molecule has 0 bridgehead atoms. The van der Waals surface area contributed by atoms with Crippen molar-refractivity contribution in [2.75, 3.05) is 31.2 Å². The fourth-order valence-electron chi connectivity index (χ4n) is 2.40. The highest BCUT2D eigenvalue weighted by Gasteiger charge is 2.21. The molecule has 0 unspecified atom stereocenters. The molecule has 19 heavy (non-hydrogen) atoms. The van der Waals surface area contributed by atoms with Crippen LogP contribution >= 0.6 is 11.6 Å². The number of nitrogens with zero attached hydrogens (tertiary/aromatic N) is 1. The molecule has 1 aromatic rings. The average Bonchev–Trinajstić information content (AvgIpc) is 2.45. The molecule has 0 saturated carbocycles. The summed E-state index contributed by atoms with van der Waals surface area (Å²) in [6.07, 6.45) is 2.80. The molecule has 1 aliphatic heterocycles. The van der Waals surface area contributed by atoms with Crippen LogP contribution in [-0.4, -0.2) is 43.8 Å². The number of piperidine rings is 1. The third-order valence-electron chi connectivity index (χ3n) is 3.38. The predicted octanol–water partition coefficient (Wildman–Crippen LogP) is 2.13. The monoisotopic (exact) mass is 283 g/mol. The Bertz CT molecular complexity index is 431. The number of anilines is 1. The zero-order chi connectivity index (χ0) is 13.7. The molecule has 2 rings (SSSR count). The first-order chi connectivity index (χ1) is 9.26. The van der Waals surface area contributed by atoms with Gasteiger partial charge in [-0.25, -0.2) is 0 Å². The standard InChI is InChI=1S/C14H18ClNO3/c15-13-2-1-3-14(12(13)10-18)16-6-4-11(5-7-16)19-9-8-17/h1-3,10-11,17H,4-9H2. The van der Waals surface area contributed by atoms with Crippen LogP contribution < -0.4 is 4.90 Å². The summed E-state index contributed by atoms with van der Waals surface area (Å²) in [4.78, 5) is 13.3. The molecule has 1 saturated heterocycles. The van der Waals surface area contributed by atoms with Crippen LogP contribution in [-0.2, 0) is 4.74 Å². The number of carbonyl (C=O) groups excluding carboxylic acids is 1. The van der Waals surface area contributed by atoms with Crippen molar-refractivity contribution in [2.24, 2.45) is 0 Å². The summed E-state index contributed by atoms with van der Waals surface area (Å²) < 4.78 is 5.52. The predicted molar refractivity (Wildman–Crippen MR) is 75.1 cm³/mol. The van der Waals surface area contributed by atoms with Crippen molar-refractivity contribution in [2.45, 2.75) is 18.9 Å². The number of benzene rings is 1. The number of hydrogen-bond donors (Lipinski definition) is 1. The van der Waals surface area contributed by atoms with E-state index >= 15 is 0 Å². The molecule has 0 radical (unpaired) electrons. The van der Waals surface area contributed by atoms with Gasteiger partial charge in [0.25, 0.3) is 0 Å². The van der Waals surface area contributed by atoms with E-state index in [9.17, 15) is 4.79 Å². The summed E-state index contributed by atoms with van der Waals surface area (Å²) in [6, 6.07) is 5.51. The second-order valence-electron chi connectivity index (χ2n) is 4.57. The molecule has 0 spiro atoms. The van der Waals surface area contributed by atoms with Crippen molar-refractivity contribution in [3.63, 3.8) is 0 Å². The third kappa shape index (κ3) is 3.47. The highest BCUT2D eigenvalue weighted by molar-refractivity contribution is 6.33. The zero-order valence-electron chi connectivity index (χ0n) is 10.7. The molecule has 1 aromatic carbocycles. The highest BCUT2D eigenvalue weighted by Crippen LogP contribution is 2.28. The number of hydrogen-bond acceptors (Lipinski definition) is 4. The van der Waals surface area contributed by atoms with Crippen molar-refractivity contribution in [3.8, 4) is 0 Å². The lowest BCUT2D eigenvalue weighted by Crippen LogP contribution is -2.37. The Labute approximate surface area is 117 Å². The Morgan fingerprint density at radius 1 is 1.42 bits per heavy atom. The van der Waals surface area contributed by atoms with E-state index in [1.807, 2.05) is 12.1 Å². The molecule has 0 atom stereocenters. The molecule has 1 heterocycles. The molecule has 0 amide bonds. The van der Waals surface area contributed by atoms with Crippen LogP contribution in [0.5, 0.6) is 0 Å². The van der Waals surface area contributed by atoms with Crippen molar-refractivity contribution >= 4 is 23.6 Å². The van der Waals surface area contributed by atoms with Gasteiger partial charge in [0.05, 0.1) is 29.9 Å². The van der Waals surface area contributed by atoms with Gasteiger partial charge in [0, 0.05) is 18.8 Å². The van der Waals surface area contributed by atoms with Crippen LogP contribution in [0, 0.1) is 0 Å². The Balaban J connectivity index is 2.01. The van der Waals surface area contributed by atoms with Gasteiger partial charge in [0.1, 0.15) is 0 Å². The number of rotatable bonds is 5. The van der Waals surface area contributed by atoms with E-state index in [0.717, 1.165) is 37.9 Å². The lowest BCUT2D eigenvalue weighted by molar-refractivity contribution is 0.0159. The second-order valence-corrected chi connectivity index (χ2v) is 4.98. The summed E-state index contributed by atoms with van der Waals surface area (Å²) in [7, 11) is 0. The average molecular weight is 284 g/mol. The molecular formula is C14H18ClNO3. The Morgan fingerprint density at radius 3 is 2.79 bits per heavy atom. The van der Waals surface area contributed by atoms with Crippen molar-refractivity contribution in [3.05, 3.63) is 28.8 Å². The molecule has 0 aliphatic carbocycles. The number of ether oxygens (including phenoxy) is 1. The summed E-state index contributed by atoms with van der Waals surface area (Å²) in [5.41, 5.74) is 1.45. The van der Waals surface area contributed by atoms with Crippen LogP contribution in [0.15, 0.2) is 18.2 Å². The number of halogens is 1. The third-order valence-corrected chi connectivity index (χ3v) is 3.70. The van der Waals surface area contributed by atoms with Gasteiger partial charge in [0.15, 0.2) is 6.29 Å². The van der Waals surface area contributed by atoms with Crippen LogP contribution in [0.1, 0.15) is 23.2 Å². The number of aliphatic hydroxyl groups is 1. The summed E-state index contributed by atoms with van der Waals surface area (Å²) >= 11 is 6.04. The van der Waals surface area contributed by atoms with Crippen molar-refractivity contribution in [1.29, 1.82) is 0 Å². The first-order valence-corrected chi connectivity index (χ1v) is 6.85. The fraction of sp³-hybridized carbons (Fsp3) is 0.500. The normalized spacial score (nSPS) is 16.6. The molecule has 1 aliphatic rings. The topological polar surface area (TPSA) is 49.8 Å². The summed E-state index contributed by atoms with van der Waals surface area (Å²) in [6.45, 7) is 2.11. The molecule has 1 N–H and O–H groups in total. The number of aldehydes is 1. The maximum Gasteiger partial charge on any atom is 0.153 e. The van der Waals surface area contributed by atoms with E-state index < -0.39 is 0 Å². The molecule has 4 nitrogen and oxygen atoms in total. The molecule has 5 heteroatoms. The second kappa shape index (κ2) is 6.89. The fourth-order valence-corrected chi connectivity index (χ4v) is 2.61. The molecule has 0 aromatic heterocycles. The van der Waals surface area contributed by atoms with Gasteiger partial charge in [-0.2, -0.15) is 0 Å². The van der Waals surface area contributed by atoms with E-state index in [1.165, 1.54) is 0 Å². The maximum absolute atomic E-state index is 11.1. The molecular weight excluding hydrogens is 266 g/mol. The van der Waals surface area contributed by atoms with Gasteiger partial charge >= 0.3 is 0 Å². The number of aliphatic hydroxyl groups excluding tert-OH is 1. The first-order valence-electron chi connectivity index (χ1n) is 6.47. The van der Waals surface area contributed by atoms with Gasteiger partial charge in [-0.1, -0.05) is 17.7 Å². The van der Waals surface area contributed by atoms with Gasteiger partial charge in [-0.3, -0.25) is 4.79 Å². The Kier molecular flexibility index (Phi) is 5.19. The van der Waals surface area contributed by atoms with Crippen LogP contribution in [0.4, 0.5) is 5.69 Å². The van der Waals surface area contributed by atoms with Crippen LogP contribution in [0.25, 0.3) is 0 Å². The largest absolute Gasteiger partial charge is 0.394 e. The van der Waals surface area contributed by atoms with E-state index in [2.05, 4.69) is 4.90 Å². The van der Waals surface area contributed by atoms with Gasteiger partial charge in [0.2, 0.25) is 0 Å². The van der Waals surface area contributed by atoms with Crippen LogP contribution in [0.2, 0.25) is 5.02 Å². The van der Waals surface area contributed by atoms with E-state index in [0.29, 0.717) is 17.2 Å². The van der Waals surface area contributed by atoms with Gasteiger partial charge < -0.3 is 14.7 Å². The molecule has 104 valence electrons.